The first-order valence-corrected chi connectivity index (χ1v) is 8.06. The number of nitrogens with zero attached hydrogens (tertiary/aromatic N) is 3. The standard InChI is InChI=1S/C19H20N4O2/c1-14(13-25-16-6-4-3-5-7-16)19(24)21-18-12-17(22-23(18)2)15-8-10-20-11-9-15/h3-12,14H,13H2,1-2H3,(H,21,24)/t14-/m0/s1. The molecule has 0 spiro atoms. The van der Waals surface area contributed by atoms with E-state index in [-0.39, 0.29) is 11.8 Å². The molecule has 2 heterocycles. The Labute approximate surface area is 146 Å². The van der Waals surface area contributed by atoms with Crippen molar-refractivity contribution in [1.29, 1.82) is 0 Å². The topological polar surface area (TPSA) is 69.0 Å². The van der Waals surface area contributed by atoms with E-state index >= 15 is 0 Å². The third-order valence-electron chi connectivity index (χ3n) is 3.80. The fraction of sp³-hybridized carbons (Fsp3) is 0.211. The highest BCUT2D eigenvalue weighted by atomic mass is 16.5. The first-order valence-electron chi connectivity index (χ1n) is 8.06. The van der Waals surface area contributed by atoms with Crippen molar-refractivity contribution in [2.45, 2.75) is 6.92 Å². The number of carbonyl (C=O) groups excluding carboxylic acids is 1. The van der Waals surface area contributed by atoms with Crippen LogP contribution in [0.25, 0.3) is 11.3 Å². The van der Waals surface area contributed by atoms with Crippen LogP contribution in [0.5, 0.6) is 5.75 Å². The van der Waals surface area contributed by atoms with Crippen molar-refractivity contribution in [2.24, 2.45) is 13.0 Å². The molecule has 1 N–H and O–H groups in total. The molecule has 1 amide bonds. The molecule has 25 heavy (non-hydrogen) atoms. The lowest BCUT2D eigenvalue weighted by Gasteiger charge is -2.13. The van der Waals surface area contributed by atoms with E-state index in [0.29, 0.717) is 12.4 Å². The molecule has 6 heteroatoms. The second kappa shape index (κ2) is 7.61. The summed E-state index contributed by atoms with van der Waals surface area (Å²) < 4.78 is 7.29. The molecule has 2 aromatic heterocycles. The number of amides is 1. The largest absolute Gasteiger partial charge is 0.493 e. The Morgan fingerprint density at radius 1 is 1.20 bits per heavy atom. The van der Waals surface area contributed by atoms with Gasteiger partial charge in [-0.3, -0.25) is 14.5 Å². The van der Waals surface area contributed by atoms with Gasteiger partial charge in [0, 0.05) is 31.1 Å². The Hall–Kier alpha value is -3.15. The summed E-state index contributed by atoms with van der Waals surface area (Å²) in [6.07, 6.45) is 3.43. The van der Waals surface area contributed by atoms with Crippen LogP contribution in [0.3, 0.4) is 0 Å². The quantitative estimate of drug-likeness (QED) is 0.751. The summed E-state index contributed by atoms with van der Waals surface area (Å²) in [4.78, 5) is 16.4. The molecule has 0 bridgehead atoms. The molecular formula is C19H20N4O2. The Balaban J connectivity index is 1.61. The number of anilines is 1. The summed E-state index contributed by atoms with van der Waals surface area (Å²) >= 11 is 0. The number of nitrogens with one attached hydrogen (secondary N) is 1. The monoisotopic (exact) mass is 336 g/mol. The number of rotatable bonds is 6. The molecule has 0 saturated heterocycles. The lowest BCUT2D eigenvalue weighted by atomic mass is 10.2. The van der Waals surface area contributed by atoms with Gasteiger partial charge in [0.1, 0.15) is 11.6 Å². The van der Waals surface area contributed by atoms with Gasteiger partial charge in [0.15, 0.2) is 0 Å². The van der Waals surface area contributed by atoms with Crippen LogP contribution in [-0.4, -0.2) is 27.3 Å². The number of hydrogen-bond donors (Lipinski definition) is 1. The smallest absolute Gasteiger partial charge is 0.231 e. The number of hydrogen-bond acceptors (Lipinski definition) is 4. The molecule has 1 aromatic carbocycles. The highest BCUT2D eigenvalue weighted by Gasteiger charge is 2.16. The lowest BCUT2D eigenvalue weighted by Crippen LogP contribution is -2.26. The Morgan fingerprint density at radius 3 is 2.64 bits per heavy atom. The number of pyridine rings is 1. The molecule has 128 valence electrons. The third-order valence-corrected chi connectivity index (χ3v) is 3.80. The molecule has 0 unspecified atom stereocenters. The van der Waals surface area contributed by atoms with Gasteiger partial charge in [-0.2, -0.15) is 5.10 Å². The number of para-hydroxylation sites is 1. The molecule has 0 aliphatic rings. The average Bonchev–Trinajstić information content (AvgIpc) is 3.02. The van der Waals surface area contributed by atoms with Gasteiger partial charge in [-0.1, -0.05) is 25.1 Å². The predicted octanol–water partition coefficient (Wildman–Crippen LogP) is 3.14. The third kappa shape index (κ3) is 4.23. The molecule has 0 saturated carbocycles. The van der Waals surface area contributed by atoms with E-state index in [1.165, 1.54) is 0 Å². The minimum absolute atomic E-state index is 0.111. The first kappa shape index (κ1) is 16.7. The first-order chi connectivity index (χ1) is 12.1. The zero-order valence-electron chi connectivity index (χ0n) is 14.2. The Kier molecular flexibility index (Phi) is 5.09. The zero-order valence-corrected chi connectivity index (χ0v) is 14.2. The van der Waals surface area contributed by atoms with E-state index in [2.05, 4.69) is 15.4 Å². The fourth-order valence-electron chi connectivity index (χ4n) is 2.31. The summed E-state index contributed by atoms with van der Waals surface area (Å²) in [5, 5.41) is 7.33. The molecule has 3 aromatic rings. The van der Waals surface area contributed by atoms with Crippen LogP contribution >= 0.6 is 0 Å². The van der Waals surface area contributed by atoms with Gasteiger partial charge in [-0.15, -0.1) is 0 Å². The van der Waals surface area contributed by atoms with Crippen molar-refractivity contribution in [3.63, 3.8) is 0 Å². The van der Waals surface area contributed by atoms with Gasteiger partial charge >= 0.3 is 0 Å². The maximum atomic E-state index is 12.4. The molecule has 0 aliphatic heterocycles. The van der Waals surface area contributed by atoms with Crippen molar-refractivity contribution >= 4 is 11.7 Å². The number of benzene rings is 1. The maximum absolute atomic E-state index is 12.4. The minimum Gasteiger partial charge on any atom is -0.493 e. The number of aromatic nitrogens is 3. The number of carbonyl (C=O) groups is 1. The van der Waals surface area contributed by atoms with Crippen molar-refractivity contribution in [2.75, 3.05) is 11.9 Å². The number of ether oxygens (including phenoxy) is 1. The van der Waals surface area contributed by atoms with Crippen LogP contribution in [0.2, 0.25) is 0 Å². The van der Waals surface area contributed by atoms with Crippen molar-refractivity contribution < 1.29 is 9.53 Å². The average molecular weight is 336 g/mol. The van der Waals surface area contributed by atoms with Crippen LogP contribution in [0.1, 0.15) is 6.92 Å². The van der Waals surface area contributed by atoms with E-state index < -0.39 is 0 Å². The van der Waals surface area contributed by atoms with Crippen LogP contribution in [0.15, 0.2) is 60.9 Å². The molecule has 6 nitrogen and oxygen atoms in total. The fourth-order valence-corrected chi connectivity index (χ4v) is 2.31. The van der Waals surface area contributed by atoms with Crippen LogP contribution < -0.4 is 10.1 Å². The highest BCUT2D eigenvalue weighted by molar-refractivity contribution is 5.92. The molecule has 0 radical (unpaired) electrons. The zero-order chi connectivity index (χ0) is 17.6. The molecule has 1 atom stereocenters. The summed E-state index contributed by atoms with van der Waals surface area (Å²) in [5.41, 5.74) is 1.74. The SMILES string of the molecule is C[C@@H](COc1ccccc1)C(=O)Nc1cc(-c2ccncc2)nn1C. The maximum Gasteiger partial charge on any atom is 0.231 e. The molecule has 3 rings (SSSR count). The highest BCUT2D eigenvalue weighted by Crippen LogP contribution is 2.21. The summed E-state index contributed by atoms with van der Waals surface area (Å²) in [6.45, 7) is 2.14. The van der Waals surface area contributed by atoms with Gasteiger partial charge < -0.3 is 10.1 Å². The van der Waals surface area contributed by atoms with Gasteiger partial charge in [0.2, 0.25) is 5.91 Å². The van der Waals surface area contributed by atoms with Crippen LogP contribution in [0, 0.1) is 5.92 Å². The van der Waals surface area contributed by atoms with Crippen molar-refractivity contribution in [3.8, 4) is 17.0 Å². The van der Waals surface area contributed by atoms with Crippen LogP contribution in [0.4, 0.5) is 5.82 Å². The molecular weight excluding hydrogens is 316 g/mol. The van der Waals surface area contributed by atoms with Crippen LogP contribution in [-0.2, 0) is 11.8 Å². The molecule has 0 aliphatic carbocycles. The number of aryl methyl sites for hydroxylation is 1. The van der Waals surface area contributed by atoms with Crippen molar-refractivity contribution in [3.05, 3.63) is 60.9 Å². The van der Waals surface area contributed by atoms with Gasteiger partial charge in [-0.25, -0.2) is 0 Å². The van der Waals surface area contributed by atoms with E-state index in [1.54, 1.807) is 24.1 Å². The van der Waals surface area contributed by atoms with E-state index in [0.717, 1.165) is 17.0 Å². The predicted molar refractivity (Wildman–Crippen MR) is 96.2 cm³/mol. The second-order valence-electron chi connectivity index (χ2n) is 5.79. The van der Waals surface area contributed by atoms with Gasteiger partial charge in [0.25, 0.3) is 0 Å². The van der Waals surface area contributed by atoms with Gasteiger partial charge in [0.05, 0.1) is 18.2 Å². The molecule has 0 fully saturated rings. The lowest BCUT2D eigenvalue weighted by molar-refractivity contribution is -0.120. The summed E-state index contributed by atoms with van der Waals surface area (Å²) in [7, 11) is 1.80. The van der Waals surface area contributed by atoms with E-state index in [4.69, 9.17) is 4.74 Å². The summed E-state index contributed by atoms with van der Waals surface area (Å²) in [5.74, 6) is 0.991. The Morgan fingerprint density at radius 2 is 1.92 bits per heavy atom. The van der Waals surface area contributed by atoms with E-state index in [9.17, 15) is 4.79 Å². The second-order valence-corrected chi connectivity index (χ2v) is 5.79. The van der Waals surface area contributed by atoms with E-state index in [1.807, 2.05) is 55.5 Å². The normalized spacial score (nSPS) is 11.8. The Bertz CT molecular complexity index is 831. The van der Waals surface area contributed by atoms with Gasteiger partial charge in [-0.05, 0) is 24.3 Å². The summed E-state index contributed by atoms with van der Waals surface area (Å²) in [6, 6.07) is 15.1. The minimum atomic E-state index is -0.292. The van der Waals surface area contributed by atoms with Crippen molar-refractivity contribution in [1.82, 2.24) is 14.8 Å².